The number of hydrogen-bond acceptors (Lipinski definition) is 0. The summed E-state index contributed by atoms with van der Waals surface area (Å²) in [5.74, 6) is 7.35. The summed E-state index contributed by atoms with van der Waals surface area (Å²) in [5, 5.41) is 0. The Morgan fingerprint density at radius 2 is 1.87 bits per heavy atom. The van der Waals surface area contributed by atoms with Crippen LogP contribution in [0.25, 0.3) is 0 Å². The number of allylic oxidation sites excluding steroid dienone is 4. The van der Waals surface area contributed by atoms with E-state index < -0.39 is 0 Å². The van der Waals surface area contributed by atoms with Gasteiger partial charge in [-0.05, 0) is 67.1 Å². The molecule has 2 fully saturated rings. The van der Waals surface area contributed by atoms with E-state index >= 15 is 0 Å². The molecule has 2 saturated carbocycles. The lowest BCUT2D eigenvalue weighted by Gasteiger charge is -2.47. The first-order valence-electron chi connectivity index (χ1n) is 6.78. The fraction of sp³-hybridized carbons (Fsp3) is 0.733. The maximum atomic E-state index is 2.67. The van der Waals surface area contributed by atoms with Gasteiger partial charge >= 0.3 is 0 Å². The summed E-state index contributed by atoms with van der Waals surface area (Å²) >= 11 is 0. The average molecular weight is 198 g/mol. The second-order valence-corrected chi connectivity index (χ2v) is 6.66. The van der Waals surface area contributed by atoms with Gasteiger partial charge in [-0.1, -0.05) is 23.8 Å². The first kappa shape index (κ1) is 7.70. The molecule has 0 aromatic rings. The second kappa shape index (κ2) is 2.26. The van der Waals surface area contributed by atoms with Crippen molar-refractivity contribution in [2.24, 2.45) is 41.4 Å². The molecule has 5 rings (SSSR count). The van der Waals surface area contributed by atoms with Gasteiger partial charge in [-0.3, -0.25) is 0 Å². The van der Waals surface area contributed by atoms with Gasteiger partial charge in [0.1, 0.15) is 0 Å². The Morgan fingerprint density at radius 3 is 2.80 bits per heavy atom. The van der Waals surface area contributed by atoms with E-state index in [1.165, 1.54) is 19.3 Å². The van der Waals surface area contributed by atoms with E-state index in [-0.39, 0.29) is 0 Å². The third-order valence-corrected chi connectivity index (χ3v) is 6.25. The van der Waals surface area contributed by atoms with Crippen LogP contribution in [-0.4, -0.2) is 0 Å². The third-order valence-electron chi connectivity index (χ3n) is 6.25. The SMILES string of the molecule is C1=CC2CC1C1CC3CC4=CC3C(C4)C21. The van der Waals surface area contributed by atoms with Crippen LogP contribution in [0.4, 0.5) is 0 Å². The molecule has 5 aliphatic rings. The molecule has 0 nitrogen and oxygen atoms in total. The highest BCUT2D eigenvalue weighted by atomic mass is 14.6. The lowest BCUT2D eigenvalue weighted by atomic mass is 9.58. The van der Waals surface area contributed by atoms with Crippen molar-refractivity contribution in [1.82, 2.24) is 0 Å². The fourth-order valence-corrected chi connectivity index (χ4v) is 5.92. The summed E-state index contributed by atoms with van der Waals surface area (Å²) < 4.78 is 0. The molecule has 0 radical (unpaired) electrons. The molecule has 0 saturated heterocycles. The molecule has 5 aliphatic carbocycles. The summed E-state index contributed by atoms with van der Waals surface area (Å²) in [6, 6.07) is 0. The molecule has 0 aliphatic heterocycles. The van der Waals surface area contributed by atoms with Crippen LogP contribution in [0.5, 0.6) is 0 Å². The zero-order chi connectivity index (χ0) is 9.57. The van der Waals surface area contributed by atoms with Crippen molar-refractivity contribution in [2.45, 2.75) is 25.7 Å². The van der Waals surface area contributed by atoms with Gasteiger partial charge in [0.15, 0.2) is 0 Å². The van der Waals surface area contributed by atoms with E-state index in [9.17, 15) is 0 Å². The molecule has 0 aromatic heterocycles. The predicted molar refractivity (Wildman–Crippen MR) is 60.1 cm³/mol. The molecule has 0 heteroatoms. The standard InChI is InChI=1S/C15H18/c1-2-10-6-9(1)13-7-11-3-8-4-12(11)14(5-8)15(10)13/h1-2,4,9-15H,3,5-7H2. The maximum absolute atomic E-state index is 2.67. The van der Waals surface area contributed by atoms with E-state index in [1.54, 1.807) is 6.42 Å². The Hall–Kier alpha value is -0.520. The minimum absolute atomic E-state index is 0.985. The molecule has 78 valence electrons. The van der Waals surface area contributed by atoms with E-state index in [0.717, 1.165) is 41.4 Å². The Labute approximate surface area is 91.4 Å². The van der Waals surface area contributed by atoms with Crippen LogP contribution in [0.1, 0.15) is 25.7 Å². The van der Waals surface area contributed by atoms with Crippen molar-refractivity contribution >= 4 is 0 Å². The van der Waals surface area contributed by atoms with E-state index in [0.29, 0.717) is 0 Å². The first-order chi connectivity index (χ1) is 7.40. The van der Waals surface area contributed by atoms with Crippen LogP contribution in [0.2, 0.25) is 0 Å². The van der Waals surface area contributed by atoms with Crippen molar-refractivity contribution < 1.29 is 0 Å². The molecule has 0 spiro atoms. The predicted octanol–water partition coefficient (Wildman–Crippen LogP) is 3.41. The molecule has 7 atom stereocenters. The number of fused-ring (bicyclic) bond motifs is 6. The molecule has 0 amide bonds. The molecule has 0 N–H and O–H groups in total. The second-order valence-electron chi connectivity index (χ2n) is 6.66. The number of rotatable bonds is 0. The number of hydrogen-bond donors (Lipinski definition) is 0. The van der Waals surface area contributed by atoms with Gasteiger partial charge in [-0.2, -0.15) is 0 Å². The molecule has 0 aromatic carbocycles. The van der Waals surface area contributed by atoms with Crippen LogP contribution in [0.15, 0.2) is 23.8 Å². The largest absolute Gasteiger partial charge is 0.0848 e. The third kappa shape index (κ3) is 0.756. The van der Waals surface area contributed by atoms with Crippen molar-refractivity contribution in [2.75, 3.05) is 0 Å². The van der Waals surface area contributed by atoms with Crippen molar-refractivity contribution in [3.05, 3.63) is 23.8 Å². The zero-order valence-corrected chi connectivity index (χ0v) is 9.10. The highest BCUT2D eigenvalue weighted by Gasteiger charge is 2.57. The van der Waals surface area contributed by atoms with E-state index in [4.69, 9.17) is 0 Å². The smallest absolute Gasteiger partial charge is 0.0165 e. The summed E-state index contributed by atoms with van der Waals surface area (Å²) in [6.07, 6.45) is 13.8. The van der Waals surface area contributed by atoms with Crippen molar-refractivity contribution in [3.63, 3.8) is 0 Å². The van der Waals surface area contributed by atoms with Crippen LogP contribution >= 0.6 is 0 Å². The highest BCUT2D eigenvalue weighted by molar-refractivity contribution is 5.29. The van der Waals surface area contributed by atoms with Crippen LogP contribution in [0.3, 0.4) is 0 Å². The van der Waals surface area contributed by atoms with Gasteiger partial charge < -0.3 is 0 Å². The van der Waals surface area contributed by atoms with Crippen LogP contribution in [-0.2, 0) is 0 Å². The Morgan fingerprint density at radius 1 is 0.933 bits per heavy atom. The lowest BCUT2D eigenvalue weighted by Crippen LogP contribution is -2.40. The molecule has 7 unspecified atom stereocenters. The topological polar surface area (TPSA) is 0 Å². The summed E-state index contributed by atoms with van der Waals surface area (Å²) in [7, 11) is 0. The van der Waals surface area contributed by atoms with Gasteiger partial charge in [0.25, 0.3) is 0 Å². The monoisotopic (exact) mass is 198 g/mol. The summed E-state index contributed by atoms with van der Waals surface area (Å²) in [4.78, 5) is 0. The molecule has 15 heavy (non-hydrogen) atoms. The van der Waals surface area contributed by atoms with Gasteiger partial charge in [-0.15, -0.1) is 0 Å². The first-order valence-corrected chi connectivity index (χ1v) is 6.78. The molecule has 0 heterocycles. The Balaban J connectivity index is 1.61. The fourth-order valence-electron chi connectivity index (χ4n) is 5.92. The van der Waals surface area contributed by atoms with Crippen molar-refractivity contribution in [1.29, 1.82) is 0 Å². The highest BCUT2D eigenvalue weighted by Crippen LogP contribution is 2.65. The lowest BCUT2D eigenvalue weighted by molar-refractivity contribution is 0.0519. The van der Waals surface area contributed by atoms with Gasteiger partial charge in [0.2, 0.25) is 0 Å². The molecule has 4 bridgehead atoms. The van der Waals surface area contributed by atoms with Gasteiger partial charge in [0.05, 0.1) is 0 Å². The molecular formula is C15H18. The minimum atomic E-state index is 0.985. The maximum Gasteiger partial charge on any atom is -0.0165 e. The van der Waals surface area contributed by atoms with Crippen LogP contribution < -0.4 is 0 Å². The quantitative estimate of drug-likeness (QED) is 0.523. The van der Waals surface area contributed by atoms with Gasteiger partial charge in [-0.25, -0.2) is 0 Å². The minimum Gasteiger partial charge on any atom is -0.0848 e. The Bertz CT molecular complexity index is 389. The van der Waals surface area contributed by atoms with E-state index in [2.05, 4.69) is 18.2 Å². The van der Waals surface area contributed by atoms with E-state index in [1.807, 2.05) is 5.57 Å². The Kier molecular flexibility index (Phi) is 1.16. The summed E-state index contributed by atoms with van der Waals surface area (Å²) in [6.45, 7) is 0. The molecular weight excluding hydrogens is 180 g/mol. The van der Waals surface area contributed by atoms with Crippen molar-refractivity contribution in [3.8, 4) is 0 Å². The van der Waals surface area contributed by atoms with Gasteiger partial charge in [0, 0.05) is 0 Å². The summed E-state index contributed by atoms with van der Waals surface area (Å²) in [5.41, 5.74) is 1.83. The van der Waals surface area contributed by atoms with Crippen LogP contribution in [0, 0.1) is 41.4 Å². The average Bonchev–Trinajstić information content (AvgIpc) is 2.95. The normalized spacial score (nSPS) is 62.4. The zero-order valence-electron chi connectivity index (χ0n) is 9.10.